The van der Waals surface area contributed by atoms with Crippen molar-refractivity contribution in [1.29, 1.82) is 0 Å². The first-order valence-electron chi connectivity index (χ1n) is 15.5. The van der Waals surface area contributed by atoms with Crippen LogP contribution in [-0.2, 0) is 25.2 Å². The topological polar surface area (TPSA) is 54.5 Å². The number of imide groups is 1. The molecule has 2 amide bonds. The molecule has 2 bridgehead atoms. The molecule has 5 heteroatoms. The molecule has 8 rings (SSSR count). The number of halogens is 1. The highest BCUT2D eigenvalue weighted by Gasteiger charge is 2.82. The van der Waals surface area contributed by atoms with Gasteiger partial charge in [0.05, 0.1) is 28.4 Å². The summed E-state index contributed by atoms with van der Waals surface area (Å²) < 4.78 is 0.760. The third-order valence-electron chi connectivity index (χ3n) is 10.2. The molecule has 0 radical (unpaired) electrons. The monoisotopic (exact) mass is 663 g/mol. The first-order valence-corrected chi connectivity index (χ1v) is 16.3. The summed E-state index contributed by atoms with van der Waals surface area (Å²) in [5.41, 5.74) is 4.64. The number of allylic oxidation sites excluding steroid dienone is 2. The molecule has 0 aromatic heterocycles. The number of ketones is 1. The van der Waals surface area contributed by atoms with Crippen molar-refractivity contribution >= 4 is 50.4 Å². The van der Waals surface area contributed by atoms with E-state index in [1.165, 1.54) is 4.90 Å². The Balaban J connectivity index is 1.56. The van der Waals surface area contributed by atoms with E-state index in [0.717, 1.165) is 49.0 Å². The third-order valence-corrected chi connectivity index (χ3v) is 10.7. The second-order valence-corrected chi connectivity index (χ2v) is 13.5. The summed E-state index contributed by atoms with van der Waals surface area (Å²) in [5.74, 6) is -2.71. The second kappa shape index (κ2) is 10.3. The molecule has 4 nitrogen and oxygen atoms in total. The maximum atomic E-state index is 15.9. The minimum atomic E-state index is -1.41. The summed E-state index contributed by atoms with van der Waals surface area (Å²) in [6.07, 6.45) is 0. The Morgan fingerprint density at radius 3 is 1.39 bits per heavy atom. The molecular formula is C41H30BrNO3. The lowest BCUT2D eigenvalue weighted by atomic mass is 9.59. The lowest BCUT2D eigenvalue weighted by Gasteiger charge is -2.39. The minimum Gasteiger partial charge on any atom is -0.297 e. The fourth-order valence-corrected chi connectivity index (χ4v) is 8.82. The highest BCUT2D eigenvalue weighted by molar-refractivity contribution is 9.10. The maximum Gasteiger partial charge on any atom is 0.239 e. The number of fused-ring (bicyclic) bond motifs is 5. The lowest BCUT2D eigenvalue weighted by molar-refractivity contribution is -0.130. The van der Waals surface area contributed by atoms with Crippen molar-refractivity contribution in [3.63, 3.8) is 0 Å². The number of Topliss-reactive ketones (excluding diaryl/α,β-unsaturated/α-hetero) is 1. The average molecular weight is 665 g/mol. The van der Waals surface area contributed by atoms with E-state index in [-0.39, 0.29) is 17.6 Å². The quantitative estimate of drug-likeness (QED) is 0.178. The van der Waals surface area contributed by atoms with E-state index >= 15 is 14.4 Å². The Morgan fingerprint density at radius 1 is 0.543 bits per heavy atom. The number of hydrogen-bond acceptors (Lipinski definition) is 3. The smallest absolute Gasteiger partial charge is 0.239 e. The summed E-state index contributed by atoms with van der Waals surface area (Å²) in [5, 5.41) is 0. The Morgan fingerprint density at radius 2 is 0.978 bits per heavy atom. The van der Waals surface area contributed by atoms with Crippen LogP contribution in [0.25, 0.3) is 11.1 Å². The van der Waals surface area contributed by atoms with Gasteiger partial charge in [0.25, 0.3) is 0 Å². The van der Waals surface area contributed by atoms with Gasteiger partial charge >= 0.3 is 0 Å². The van der Waals surface area contributed by atoms with Crippen molar-refractivity contribution in [2.45, 2.75) is 24.7 Å². The molecule has 224 valence electrons. The maximum absolute atomic E-state index is 15.9. The number of rotatable bonds is 5. The van der Waals surface area contributed by atoms with E-state index < -0.39 is 22.7 Å². The molecule has 5 aromatic carbocycles. The first-order chi connectivity index (χ1) is 22.3. The number of carbonyl (C=O) groups is 3. The number of hydrogen-bond donors (Lipinski definition) is 0. The predicted molar refractivity (Wildman–Crippen MR) is 184 cm³/mol. The van der Waals surface area contributed by atoms with Crippen molar-refractivity contribution in [2.75, 3.05) is 4.90 Å². The van der Waals surface area contributed by atoms with Crippen LogP contribution in [0.1, 0.15) is 33.4 Å². The fraction of sp³-hybridized carbons (Fsp3) is 0.146. The molecule has 5 aromatic rings. The van der Waals surface area contributed by atoms with Crippen LogP contribution in [0, 0.1) is 25.7 Å². The van der Waals surface area contributed by atoms with Gasteiger partial charge in [-0.2, -0.15) is 0 Å². The Hall–Kier alpha value is -4.87. The lowest BCUT2D eigenvalue weighted by Crippen LogP contribution is -2.45. The normalized spacial score (nSPS) is 25.0. The molecule has 4 atom stereocenters. The van der Waals surface area contributed by atoms with Crippen LogP contribution in [0.2, 0.25) is 0 Å². The van der Waals surface area contributed by atoms with Crippen molar-refractivity contribution in [3.8, 4) is 0 Å². The Labute approximate surface area is 276 Å². The van der Waals surface area contributed by atoms with Gasteiger partial charge in [0, 0.05) is 4.47 Å². The zero-order chi connectivity index (χ0) is 31.8. The number of nitrogens with zero attached hydrogens (tertiary/aromatic N) is 1. The number of anilines is 1. The molecule has 2 aliphatic carbocycles. The number of benzene rings is 5. The van der Waals surface area contributed by atoms with Gasteiger partial charge in [-0.25, -0.2) is 4.90 Å². The standard InChI is InChI=1S/C41H30BrNO3/c1-25-16-20-27(21-17-25)33-34(28-22-18-26(2)19-23-28)41(30-12-7-4-8-13-30)36-35(40(33,39(41)46)29-10-5-3-6-11-29)37(44)43(38(36)45)32-15-9-14-31(42)24-32/h3-24,35-36H,1-2H3/t35-,36-,40+,41+/m0/s1. The number of amides is 2. The van der Waals surface area contributed by atoms with Crippen molar-refractivity contribution in [2.24, 2.45) is 11.8 Å². The fourth-order valence-electron chi connectivity index (χ4n) is 8.43. The first kappa shape index (κ1) is 28.6. The van der Waals surface area contributed by atoms with Gasteiger partial charge in [-0.15, -0.1) is 0 Å². The van der Waals surface area contributed by atoms with Crippen LogP contribution in [0.3, 0.4) is 0 Å². The molecule has 1 saturated carbocycles. The molecule has 1 heterocycles. The molecule has 2 fully saturated rings. The highest BCUT2D eigenvalue weighted by atomic mass is 79.9. The van der Waals surface area contributed by atoms with Crippen LogP contribution in [0.5, 0.6) is 0 Å². The van der Waals surface area contributed by atoms with Gasteiger partial charge in [0.15, 0.2) is 5.78 Å². The van der Waals surface area contributed by atoms with Crippen LogP contribution >= 0.6 is 15.9 Å². The van der Waals surface area contributed by atoms with Crippen LogP contribution in [0.15, 0.2) is 138 Å². The summed E-state index contributed by atoms with van der Waals surface area (Å²) in [6.45, 7) is 4.07. The van der Waals surface area contributed by atoms with Gasteiger partial charge in [-0.05, 0) is 65.4 Å². The van der Waals surface area contributed by atoms with Gasteiger partial charge in [0.2, 0.25) is 11.8 Å². The zero-order valence-electron chi connectivity index (χ0n) is 25.4. The van der Waals surface area contributed by atoms with Crippen LogP contribution in [0.4, 0.5) is 5.69 Å². The van der Waals surface area contributed by atoms with Gasteiger partial charge < -0.3 is 0 Å². The van der Waals surface area contributed by atoms with E-state index in [4.69, 9.17) is 0 Å². The van der Waals surface area contributed by atoms with Crippen molar-refractivity contribution in [3.05, 3.63) is 171 Å². The number of aryl methyl sites for hydroxylation is 2. The summed E-state index contributed by atoms with van der Waals surface area (Å²) in [7, 11) is 0. The second-order valence-electron chi connectivity index (χ2n) is 12.6. The molecule has 1 aliphatic heterocycles. The van der Waals surface area contributed by atoms with Crippen LogP contribution < -0.4 is 4.90 Å². The third kappa shape index (κ3) is 3.63. The van der Waals surface area contributed by atoms with E-state index in [2.05, 4.69) is 40.2 Å². The minimum absolute atomic E-state index is 0.117. The molecule has 3 aliphatic rings. The van der Waals surface area contributed by atoms with Crippen LogP contribution in [-0.4, -0.2) is 17.6 Å². The SMILES string of the molecule is Cc1ccc(C2=C(c3ccc(C)cc3)[C@@]3(c4ccccc4)C(=O)[C@@]2(c2ccccc2)[C@@H]2C(=O)N(c4cccc(Br)c4)C(=O)[C@H]23)cc1. The van der Waals surface area contributed by atoms with Gasteiger partial charge in [0.1, 0.15) is 0 Å². The summed E-state index contributed by atoms with van der Waals surface area (Å²) in [6, 6.07) is 43.0. The summed E-state index contributed by atoms with van der Waals surface area (Å²) >= 11 is 3.53. The molecule has 1 saturated heterocycles. The van der Waals surface area contributed by atoms with E-state index in [1.54, 1.807) is 12.1 Å². The van der Waals surface area contributed by atoms with E-state index in [0.29, 0.717) is 5.69 Å². The molecule has 0 N–H and O–H groups in total. The van der Waals surface area contributed by atoms with E-state index in [1.807, 2.05) is 111 Å². The van der Waals surface area contributed by atoms with E-state index in [9.17, 15) is 0 Å². The summed E-state index contributed by atoms with van der Waals surface area (Å²) in [4.78, 5) is 47.3. The predicted octanol–water partition coefficient (Wildman–Crippen LogP) is 8.25. The molecule has 0 spiro atoms. The van der Waals surface area contributed by atoms with Crippen molar-refractivity contribution in [1.82, 2.24) is 0 Å². The number of carbonyl (C=O) groups excluding carboxylic acids is 3. The highest BCUT2D eigenvalue weighted by Crippen LogP contribution is 2.74. The largest absolute Gasteiger partial charge is 0.297 e. The Kier molecular flexibility index (Phi) is 6.42. The molecule has 46 heavy (non-hydrogen) atoms. The zero-order valence-corrected chi connectivity index (χ0v) is 27.0. The average Bonchev–Trinajstić information content (AvgIpc) is 3.58. The van der Waals surface area contributed by atoms with Gasteiger partial charge in [-0.3, -0.25) is 14.4 Å². The van der Waals surface area contributed by atoms with Gasteiger partial charge in [-0.1, -0.05) is 142 Å². The Bertz CT molecular complexity index is 1960. The molecule has 0 unspecified atom stereocenters. The molecular weight excluding hydrogens is 634 g/mol. The van der Waals surface area contributed by atoms with Crippen molar-refractivity contribution < 1.29 is 14.4 Å².